The molecule has 1 fully saturated rings. The highest BCUT2D eigenvalue weighted by atomic mass is 32.2. The topological polar surface area (TPSA) is 81.9 Å². The molecular weight excluding hydrogens is 268 g/mol. The Hall–Kier alpha value is -1.47. The highest BCUT2D eigenvalue weighted by Crippen LogP contribution is 2.37. The Morgan fingerprint density at radius 3 is 2.63 bits per heavy atom. The zero-order valence-corrected chi connectivity index (χ0v) is 11.8. The van der Waals surface area contributed by atoms with E-state index in [1.807, 2.05) is 0 Å². The molecule has 1 unspecified atom stereocenters. The van der Waals surface area contributed by atoms with Gasteiger partial charge in [-0.25, -0.2) is 8.42 Å². The van der Waals surface area contributed by atoms with Crippen LogP contribution in [0.15, 0.2) is 18.2 Å². The van der Waals surface area contributed by atoms with Crippen LogP contribution >= 0.6 is 0 Å². The van der Waals surface area contributed by atoms with Gasteiger partial charge < -0.3 is 15.2 Å². The van der Waals surface area contributed by atoms with Crippen molar-refractivity contribution in [1.82, 2.24) is 0 Å². The minimum Gasteiger partial charge on any atom is -0.497 e. The van der Waals surface area contributed by atoms with Gasteiger partial charge in [0, 0.05) is 19.2 Å². The van der Waals surface area contributed by atoms with Crippen molar-refractivity contribution >= 4 is 15.7 Å². The van der Waals surface area contributed by atoms with E-state index in [4.69, 9.17) is 15.2 Å². The molecule has 1 saturated heterocycles. The third-order valence-electron chi connectivity index (χ3n) is 3.30. The number of hydrogen-bond acceptors (Lipinski definition) is 5. The predicted molar refractivity (Wildman–Crippen MR) is 73.3 cm³/mol. The van der Waals surface area contributed by atoms with Crippen molar-refractivity contribution in [3.63, 3.8) is 0 Å². The van der Waals surface area contributed by atoms with E-state index in [0.717, 1.165) is 0 Å². The Bertz CT molecular complexity index is 559. The Labute approximate surface area is 113 Å². The highest BCUT2D eigenvalue weighted by Gasteiger charge is 2.39. The van der Waals surface area contributed by atoms with Crippen molar-refractivity contribution in [3.8, 4) is 11.5 Å². The maximum Gasteiger partial charge on any atom is 0.239 e. The van der Waals surface area contributed by atoms with Crippen LogP contribution in [0.25, 0.3) is 0 Å². The molecule has 2 rings (SSSR count). The molecule has 19 heavy (non-hydrogen) atoms. The molecule has 106 valence electrons. The number of methoxy groups -OCH3 is 2. The second-order valence-corrected chi connectivity index (χ2v) is 6.44. The third kappa shape index (κ3) is 2.35. The van der Waals surface area contributed by atoms with Gasteiger partial charge in [-0.15, -0.1) is 0 Å². The SMILES string of the molecule is COc1ccc(OC)c(N2CCC(CN)S2(=O)=O)c1. The van der Waals surface area contributed by atoms with E-state index < -0.39 is 15.3 Å². The van der Waals surface area contributed by atoms with E-state index in [0.29, 0.717) is 30.2 Å². The maximum atomic E-state index is 12.3. The fraction of sp³-hybridized carbons (Fsp3) is 0.500. The summed E-state index contributed by atoms with van der Waals surface area (Å²) in [6.07, 6.45) is 0.527. The molecule has 0 amide bonds. The Morgan fingerprint density at radius 1 is 1.37 bits per heavy atom. The van der Waals surface area contributed by atoms with Gasteiger partial charge in [0.05, 0.1) is 25.2 Å². The molecule has 0 saturated carbocycles. The fourth-order valence-corrected chi connectivity index (χ4v) is 3.99. The lowest BCUT2D eigenvalue weighted by molar-refractivity contribution is 0.404. The lowest BCUT2D eigenvalue weighted by atomic mass is 10.2. The number of ether oxygens (including phenoxy) is 2. The monoisotopic (exact) mass is 286 g/mol. The first kappa shape index (κ1) is 14.0. The average Bonchev–Trinajstić information content (AvgIpc) is 2.72. The van der Waals surface area contributed by atoms with E-state index in [9.17, 15) is 8.42 Å². The van der Waals surface area contributed by atoms with Crippen LogP contribution in [0, 0.1) is 0 Å². The Morgan fingerprint density at radius 2 is 2.11 bits per heavy atom. The summed E-state index contributed by atoms with van der Waals surface area (Å²) in [6, 6.07) is 5.08. The molecule has 0 spiro atoms. The van der Waals surface area contributed by atoms with Crippen molar-refractivity contribution < 1.29 is 17.9 Å². The molecule has 1 heterocycles. The molecular formula is C12H18N2O4S. The smallest absolute Gasteiger partial charge is 0.239 e. The largest absolute Gasteiger partial charge is 0.497 e. The van der Waals surface area contributed by atoms with Crippen molar-refractivity contribution in [2.75, 3.05) is 31.6 Å². The number of sulfonamides is 1. The third-order valence-corrected chi connectivity index (χ3v) is 5.56. The van der Waals surface area contributed by atoms with E-state index >= 15 is 0 Å². The van der Waals surface area contributed by atoms with Crippen LogP contribution < -0.4 is 19.5 Å². The van der Waals surface area contributed by atoms with Crippen LogP contribution in [0.2, 0.25) is 0 Å². The zero-order chi connectivity index (χ0) is 14.0. The number of nitrogens with two attached hydrogens (primary N) is 1. The molecule has 0 aromatic heterocycles. The predicted octanol–water partition coefficient (Wildman–Crippen LogP) is 0.571. The maximum absolute atomic E-state index is 12.3. The van der Waals surface area contributed by atoms with E-state index in [1.54, 1.807) is 18.2 Å². The Kier molecular flexibility index (Phi) is 3.86. The number of hydrogen-bond donors (Lipinski definition) is 1. The number of anilines is 1. The van der Waals surface area contributed by atoms with Crippen molar-refractivity contribution in [2.24, 2.45) is 5.73 Å². The van der Waals surface area contributed by atoms with E-state index in [-0.39, 0.29) is 6.54 Å². The molecule has 1 aromatic rings. The summed E-state index contributed by atoms with van der Waals surface area (Å²) in [7, 11) is -0.373. The van der Waals surface area contributed by atoms with Crippen LogP contribution in [0.3, 0.4) is 0 Å². The van der Waals surface area contributed by atoms with Gasteiger partial charge in [0.1, 0.15) is 11.5 Å². The Balaban J connectivity index is 2.47. The van der Waals surface area contributed by atoms with Crippen molar-refractivity contribution in [3.05, 3.63) is 18.2 Å². The first-order valence-corrected chi connectivity index (χ1v) is 7.48. The molecule has 0 bridgehead atoms. The van der Waals surface area contributed by atoms with Gasteiger partial charge in [-0.1, -0.05) is 0 Å². The van der Waals surface area contributed by atoms with Gasteiger partial charge in [0.15, 0.2) is 0 Å². The summed E-state index contributed by atoms with van der Waals surface area (Å²) in [5, 5.41) is -0.525. The van der Waals surface area contributed by atoms with Gasteiger partial charge >= 0.3 is 0 Å². The molecule has 0 radical (unpaired) electrons. The normalized spacial score (nSPS) is 21.4. The highest BCUT2D eigenvalue weighted by molar-refractivity contribution is 7.93. The van der Waals surface area contributed by atoms with Crippen molar-refractivity contribution in [2.45, 2.75) is 11.7 Å². The summed E-state index contributed by atoms with van der Waals surface area (Å²) in [6.45, 7) is 0.541. The molecule has 1 aliphatic heterocycles. The van der Waals surface area contributed by atoms with Gasteiger partial charge in [0.25, 0.3) is 0 Å². The quantitative estimate of drug-likeness (QED) is 0.875. The summed E-state index contributed by atoms with van der Waals surface area (Å²) in [5.41, 5.74) is 6.01. The van der Waals surface area contributed by atoms with Crippen LogP contribution in [0.4, 0.5) is 5.69 Å². The average molecular weight is 286 g/mol. The summed E-state index contributed by atoms with van der Waals surface area (Å²) < 4.78 is 36.4. The van der Waals surface area contributed by atoms with E-state index in [2.05, 4.69) is 0 Å². The summed E-state index contributed by atoms with van der Waals surface area (Å²) in [5.74, 6) is 1.09. The fourth-order valence-electron chi connectivity index (χ4n) is 2.21. The molecule has 7 heteroatoms. The van der Waals surface area contributed by atoms with Crippen LogP contribution in [0.1, 0.15) is 6.42 Å². The molecule has 1 aromatic carbocycles. The summed E-state index contributed by atoms with van der Waals surface area (Å²) >= 11 is 0. The minimum absolute atomic E-state index is 0.130. The zero-order valence-electron chi connectivity index (χ0n) is 11.0. The molecule has 2 N–H and O–H groups in total. The number of benzene rings is 1. The minimum atomic E-state index is -3.42. The molecule has 1 atom stereocenters. The summed E-state index contributed by atoms with van der Waals surface area (Å²) in [4.78, 5) is 0. The molecule has 0 aliphatic carbocycles. The lowest BCUT2D eigenvalue weighted by Gasteiger charge is -2.21. The van der Waals surface area contributed by atoms with Gasteiger partial charge in [-0.2, -0.15) is 0 Å². The van der Waals surface area contributed by atoms with Crippen molar-refractivity contribution in [1.29, 1.82) is 0 Å². The second kappa shape index (κ2) is 5.26. The van der Waals surface area contributed by atoms with E-state index in [1.165, 1.54) is 18.5 Å². The van der Waals surface area contributed by atoms with Crippen LogP contribution in [-0.2, 0) is 10.0 Å². The first-order chi connectivity index (χ1) is 9.04. The van der Waals surface area contributed by atoms with Gasteiger partial charge in [-0.3, -0.25) is 4.31 Å². The van der Waals surface area contributed by atoms with Gasteiger partial charge in [-0.05, 0) is 18.6 Å². The number of rotatable bonds is 4. The molecule has 6 nitrogen and oxygen atoms in total. The van der Waals surface area contributed by atoms with Gasteiger partial charge in [0.2, 0.25) is 10.0 Å². The standard InChI is InChI=1S/C12H18N2O4S/c1-17-9-3-4-12(18-2)11(7-9)14-6-5-10(8-13)19(14,15)16/h3-4,7,10H,5-6,8,13H2,1-2H3. The van der Waals surface area contributed by atoms with Crippen LogP contribution in [0.5, 0.6) is 11.5 Å². The first-order valence-electron chi connectivity index (χ1n) is 5.98. The molecule has 1 aliphatic rings. The number of nitrogens with zero attached hydrogens (tertiary/aromatic N) is 1. The van der Waals surface area contributed by atoms with Crippen LogP contribution in [-0.4, -0.2) is 41.0 Å². The lowest BCUT2D eigenvalue weighted by Crippen LogP contribution is -2.33. The second-order valence-electron chi connectivity index (χ2n) is 4.30.